The Morgan fingerprint density at radius 1 is 1.38 bits per heavy atom. The van der Waals surface area contributed by atoms with Gasteiger partial charge < -0.3 is 5.11 Å². The van der Waals surface area contributed by atoms with Crippen LogP contribution in [0.5, 0.6) is 5.75 Å². The lowest BCUT2D eigenvalue weighted by Crippen LogP contribution is -1.89. The molecule has 0 fully saturated rings. The Hall–Kier alpha value is -2.07. The van der Waals surface area contributed by atoms with E-state index in [0.29, 0.717) is 0 Å². The lowest BCUT2D eigenvalue weighted by molar-refractivity contribution is 0.463. The standard InChI is InChI=1S/C9H5FN2O/c10-8-4-9(13)6(1-2-11)3-7(8)5-12/h3-4,13H,1H2. The summed E-state index contributed by atoms with van der Waals surface area (Å²) in [5, 5.41) is 25.9. The molecule has 1 rings (SSSR count). The van der Waals surface area contributed by atoms with Gasteiger partial charge in [-0.25, -0.2) is 4.39 Å². The molecule has 4 heteroatoms. The van der Waals surface area contributed by atoms with Crippen LogP contribution in [-0.2, 0) is 6.42 Å². The molecule has 0 radical (unpaired) electrons. The van der Waals surface area contributed by atoms with Gasteiger partial charge in [-0.1, -0.05) is 0 Å². The van der Waals surface area contributed by atoms with Crippen molar-refractivity contribution in [2.24, 2.45) is 0 Å². The van der Waals surface area contributed by atoms with E-state index in [1.165, 1.54) is 6.07 Å². The number of phenols is 1. The Morgan fingerprint density at radius 2 is 2.08 bits per heavy atom. The number of hydrogen-bond acceptors (Lipinski definition) is 3. The van der Waals surface area contributed by atoms with E-state index in [1.54, 1.807) is 12.1 Å². The molecule has 0 atom stereocenters. The zero-order valence-corrected chi connectivity index (χ0v) is 6.58. The monoisotopic (exact) mass is 176 g/mol. The van der Waals surface area contributed by atoms with Crippen molar-refractivity contribution in [1.29, 1.82) is 10.5 Å². The van der Waals surface area contributed by atoms with Crippen molar-refractivity contribution < 1.29 is 9.50 Å². The highest BCUT2D eigenvalue weighted by Crippen LogP contribution is 2.21. The van der Waals surface area contributed by atoms with E-state index in [-0.39, 0.29) is 23.3 Å². The summed E-state index contributed by atoms with van der Waals surface area (Å²) < 4.78 is 12.8. The van der Waals surface area contributed by atoms with E-state index in [2.05, 4.69) is 0 Å². The summed E-state index contributed by atoms with van der Waals surface area (Å²) in [6.45, 7) is 0. The molecular weight excluding hydrogens is 171 g/mol. The molecule has 0 saturated carbocycles. The van der Waals surface area contributed by atoms with Crippen LogP contribution >= 0.6 is 0 Å². The highest BCUT2D eigenvalue weighted by Gasteiger charge is 2.07. The summed E-state index contributed by atoms with van der Waals surface area (Å²) >= 11 is 0. The number of nitriles is 2. The van der Waals surface area contributed by atoms with Crippen molar-refractivity contribution >= 4 is 0 Å². The molecule has 0 spiro atoms. The number of halogens is 1. The van der Waals surface area contributed by atoms with Crippen molar-refractivity contribution in [3.05, 3.63) is 29.1 Å². The molecule has 3 nitrogen and oxygen atoms in total. The first kappa shape index (κ1) is 9.02. The molecule has 0 unspecified atom stereocenters. The molecule has 0 heterocycles. The fourth-order valence-electron chi connectivity index (χ4n) is 0.920. The molecule has 0 saturated heterocycles. The molecule has 13 heavy (non-hydrogen) atoms. The molecule has 0 aliphatic rings. The average molecular weight is 176 g/mol. The van der Waals surface area contributed by atoms with Crippen LogP contribution in [-0.4, -0.2) is 5.11 Å². The van der Waals surface area contributed by atoms with Gasteiger partial charge >= 0.3 is 0 Å². The highest BCUT2D eigenvalue weighted by molar-refractivity contribution is 5.43. The predicted molar refractivity (Wildman–Crippen MR) is 42.1 cm³/mol. The number of phenolic OH excluding ortho intramolecular Hbond substituents is 1. The van der Waals surface area contributed by atoms with Gasteiger partial charge in [0.2, 0.25) is 0 Å². The SMILES string of the molecule is N#CCc1cc(C#N)c(F)cc1O. The Labute approximate surface area is 74.3 Å². The topological polar surface area (TPSA) is 67.8 Å². The minimum Gasteiger partial charge on any atom is -0.508 e. The van der Waals surface area contributed by atoms with Gasteiger partial charge in [0.25, 0.3) is 0 Å². The van der Waals surface area contributed by atoms with Gasteiger partial charge in [0.1, 0.15) is 17.6 Å². The highest BCUT2D eigenvalue weighted by atomic mass is 19.1. The van der Waals surface area contributed by atoms with Crippen LogP contribution in [0.3, 0.4) is 0 Å². The maximum Gasteiger partial charge on any atom is 0.144 e. The van der Waals surface area contributed by atoms with Crippen molar-refractivity contribution in [1.82, 2.24) is 0 Å². The van der Waals surface area contributed by atoms with Gasteiger partial charge in [-0.2, -0.15) is 10.5 Å². The van der Waals surface area contributed by atoms with Crippen molar-refractivity contribution in [2.75, 3.05) is 0 Å². The van der Waals surface area contributed by atoms with Crippen molar-refractivity contribution in [3.63, 3.8) is 0 Å². The van der Waals surface area contributed by atoms with Gasteiger partial charge in [-0.3, -0.25) is 0 Å². The van der Waals surface area contributed by atoms with Crippen LogP contribution in [0.2, 0.25) is 0 Å². The average Bonchev–Trinajstić information content (AvgIpc) is 2.10. The first-order chi connectivity index (χ1) is 6.19. The third-order valence-corrected chi connectivity index (χ3v) is 1.56. The van der Waals surface area contributed by atoms with Gasteiger partial charge in [-0.15, -0.1) is 0 Å². The summed E-state index contributed by atoms with van der Waals surface area (Å²) in [6.07, 6.45) is -0.0409. The number of benzene rings is 1. The molecule has 0 amide bonds. The van der Waals surface area contributed by atoms with Crippen LogP contribution in [0.15, 0.2) is 12.1 Å². The molecule has 0 aliphatic heterocycles. The van der Waals surface area contributed by atoms with Crippen LogP contribution < -0.4 is 0 Å². The summed E-state index contributed by atoms with van der Waals surface area (Å²) in [7, 11) is 0. The Bertz CT molecular complexity index is 415. The fraction of sp³-hybridized carbons (Fsp3) is 0.111. The van der Waals surface area contributed by atoms with E-state index < -0.39 is 5.82 Å². The van der Waals surface area contributed by atoms with E-state index >= 15 is 0 Å². The number of rotatable bonds is 1. The summed E-state index contributed by atoms with van der Waals surface area (Å²) in [6, 6.07) is 5.44. The molecule has 1 aromatic rings. The van der Waals surface area contributed by atoms with Gasteiger partial charge in [-0.05, 0) is 6.07 Å². The number of hydrogen-bond donors (Lipinski definition) is 1. The molecule has 64 valence electrons. The Morgan fingerprint density at radius 3 is 2.62 bits per heavy atom. The third kappa shape index (κ3) is 1.74. The van der Waals surface area contributed by atoms with Crippen molar-refractivity contribution in [3.8, 4) is 17.9 Å². The normalized spacial score (nSPS) is 8.85. The van der Waals surface area contributed by atoms with E-state index in [4.69, 9.17) is 15.6 Å². The minimum absolute atomic E-state index is 0.0409. The van der Waals surface area contributed by atoms with E-state index in [0.717, 1.165) is 6.07 Å². The van der Waals surface area contributed by atoms with Crippen LogP contribution in [0, 0.1) is 28.5 Å². The maximum atomic E-state index is 12.8. The lowest BCUT2D eigenvalue weighted by Gasteiger charge is -2.00. The number of aromatic hydroxyl groups is 1. The summed E-state index contributed by atoms with van der Waals surface area (Å²) in [5.74, 6) is -1.07. The molecule has 0 bridgehead atoms. The first-order valence-electron chi connectivity index (χ1n) is 3.47. The van der Waals surface area contributed by atoms with Crippen LogP contribution in [0.25, 0.3) is 0 Å². The summed E-state index contributed by atoms with van der Waals surface area (Å²) in [4.78, 5) is 0. The predicted octanol–water partition coefficient (Wildman–Crippen LogP) is 1.47. The largest absolute Gasteiger partial charge is 0.508 e. The second-order valence-electron chi connectivity index (χ2n) is 2.41. The van der Waals surface area contributed by atoms with Crippen LogP contribution in [0.1, 0.15) is 11.1 Å². The molecule has 1 N–H and O–H groups in total. The fourth-order valence-corrected chi connectivity index (χ4v) is 0.920. The third-order valence-electron chi connectivity index (χ3n) is 1.56. The zero-order valence-electron chi connectivity index (χ0n) is 6.58. The molecular formula is C9H5FN2O. The maximum absolute atomic E-state index is 12.8. The lowest BCUT2D eigenvalue weighted by atomic mass is 10.1. The van der Waals surface area contributed by atoms with Crippen molar-refractivity contribution in [2.45, 2.75) is 6.42 Å². The second kappa shape index (κ2) is 3.55. The smallest absolute Gasteiger partial charge is 0.144 e. The zero-order chi connectivity index (χ0) is 9.84. The Kier molecular flexibility index (Phi) is 2.47. The van der Waals surface area contributed by atoms with Crippen LogP contribution in [0.4, 0.5) is 4.39 Å². The minimum atomic E-state index is -0.776. The summed E-state index contributed by atoms with van der Waals surface area (Å²) in [5.41, 5.74) is 0.100. The Balaban J connectivity index is 3.26. The molecule has 0 aliphatic carbocycles. The quantitative estimate of drug-likeness (QED) is 0.704. The first-order valence-corrected chi connectivity index (χ1v) is 3.47. The second-order valence-corrected chi connectivity index (χ2v) is 2.41. The van der Waals surface area contributed by atoms with E-state index in [9.17, 15) is 4.39 Å². The van der Waals surface area contributed by atoms with E-state index in [1.807, 2.05) is 0 Å². The number of nitrogens with zero attached hydrogens (tertiary/aromatic N) is 2. The molecule has 1 aromatic carbocycles. The van der Waals surface area contributed by atoms with Gasteiger partial charge in [0, 0.05) is 11.6 Å². The molecule has 0 aromatic heterocycles. The van der Waals surface area contributed by atoms with Gasteiger partial charge in [0.05, 0.1) is 18.1 Å². The van der Waals surface area contributed by atoms with Gasteiger partial charge in [0.15, 0.2) is 0 Å².